The maximum atomic E-state index is 11.2. The van der Waals surface area contributed by atoms with Crippen LogP contribution in [-0.2, 0) is 6.54 Å². The normalized spacial score (nSPS) is 11.1. The van der Waals surface area contributed by atoms with Crippen molar-refractivity contribution in [1.82, 2.24) is 15.0 Å². The molecule has 0 spiro atoms. The van der Waals surface area contributed by atoms with Crippen LogP contribution in [0.25, 0.3) is 28.2 Å². The minimum atomic E-state index is -1.10. The summed E-state index contributed by atoms with van der Waals surface area (Å²) in [4.78, 5) is 22.1. The third-order valence-corrected chi connectivity index (χ3v) is 4.86. The van der Waals surface area contributed by atoms with E-state index < -0.39 is 6.09 Å². The highest BCUT2D eigenvalue weighted by Crippen LogP contribution is 2.29. The van der Waals surface area contributed by atoms with Crippen molar-refractivity contribution >= 4 is 35.2 Å². The van der Waals surface area contributed by atoms with Gasteiger partial charge in [-0.3, -0.25) is 10.1 Å². The van der Waals surface area contributed by atoms with Crippen molar-refractivity contribution in [2.45, 2.75) is 13.0 Å². The van der Waals surface area contributed by atoms with Crippen molar-refractivity contribution < 1.29 is 14.7 Å². The largest absolute Gasteiger partial charge is 0.465 e. The van der Waals surface area contributed by atoms with Crippen LogP contribution in [0.15, 0.2) is 72.8 Å². The molecule has 0 radical (unpaired) electrons. The maximum Gasteiger partial charge on any atom is 0.409 e. The number of anilines is 1. The van der Waals surface area contributed by atoms with Crippen molar-refractivity contribution in [3.63, 3.8) is 0 Å². The average Bonchev–Trinajstić information content (AvgIpc) is 3.19. The van der Waals surface area contributed by atoms with Gasteiger partial charge in [0.1, 0.15) is 11.8 Å². The van der Waals surface area contributed by atoms with Gasteiger partial charge in [-0.05, 0) is 41.8 Å². The molecule has 2 N–H and O–H groups in total. The van der Waals surface area contributed by atoms with Crippen molar-refractivity contribution in [1.29, 1.82) is 0 Å². The summed E-state index contributed by atoms with van der Waals surface area (Å²) in [5, 5.41) is 20.0. The van der Waals surface area contributed by atoms with Crippen LogP contribution < -0.4 is 5.32 Å². The number of hydrogen-bond acceptors (Lipinski definition) is 4. The molecule has 31 heavy (non-hydrogen) atoms. The Kier molecular flexibility index (Phi) is 5.84. The molecule has 4 aromatic rings. The first-order valence-corrected chi connectivity index (χ1v) is 9.78. The van der Waals surface area contributed by atoms with Gasteiger partial charge in [0.25, 0.3) is 0 Å². The number of amides is 1. The first kappa shape index (κ1) is 20.0. The van der Waals surface area contributed by atoms with Crippen molar-refractivity contribution in [3.8, 4) is 11.1 Å². The lowest BCUT2D eigenvalue weighted by Crippen LogP contribution is -2.08. The SMILES string of the molecule is O=Cc1ccc2c(c1)nnn2CC/C=C/c1ccc(-c2ccccc2)c(NC(=O)O)c1. The molecule has 7 nitrogen and oxygen atoms in total. The van der Waals surface area contributed by atoms with Crippen LogP contribution in [0.3, 0.4) is 0 Å². The molecule has 0 unspecified atom stereocenters. The third-order valence-electron chi connectivity index (χ3n) is 4.86. The van der Waals surface area contributed by atoms with E-state index in [2.05, 4.69) is 15.6 Å². The monoisotopic (exact) mass is 412 g/mol. The molecule has 7 heteroatoms. The van der Waals surface area contributed by atoms with E-state index in [1.54, 1.807) is 16.8 Å². The number of carbonyl (C=O) groups is 2. The zero-order valence-corrected chi connectivity index (χ0v) is 16.6. The summed E-state index contributed by atoms with van der Waals surface area (Å²) >= 11 is 0. The average molecular weight is 412 g/mol. The van der Waals surface area contributed by atoms with Crippen LogP contribution >= 0.6 is 0 Å². The zero-order chi connectivity index (χ0) is 21.6. The topological polar surface area (TPSA) is 97.1 Å². The highest BCUT2D eigenvalue weighted by molar-refractivity contribution is 5.91. The van der Waals surface area contributed by atoms with Crippen LogP contribution in [-0.4, -0.2) is 32.5 Å². The Balaban J connectivity index is 1.49. The number of benzene rings is 3. The van der Waals surface area contributed by atoms with Gasteiger partial charge in [0, 0.05) is 17.7 Å². The highest BCUT2D eigenvalue weighted by Gasteiger charge is 2.08. The molecule has 1 amide bonds. The first-order valence-electron chi connectivity index (χ1n) is 9.78. The molecule has 4 rings (SSSR count). The summed E-state index contributed by atoms with van der Waals surface area (Å²) in [5.74, 6) is 0. The Morgan fingerprint density at radius 1 is 1.03 bits per heavy atom. The lowest BCUT2D eigenvalue weighted by atomic mass is 10.0. The fraction of sp³-hybridized carbons (Fsp3) is 0.0833. The highest BCUT2D eigenvalue weighted by atomic mass is 16.4. The van der Waals surface area contributed by atoms with Crippen LogP contribution in [0.2, 0.25) is 0 Å². The summed E-state index contributed by atoms with van der Waals surface area (Å²) < 4.78 is 1.80. The Morgan fingerprint density at radius 3 is 2.61 bits per heavy atom. The summed E-state index contributed by atoms with van der Waals surface area (Å²) in [6, 6.07) is 20.6. The quantitative estimate of drug-likeness (QED) is 0.411. The Labute approximate surface area is 178 Å². The van der Waals surface area contributed by atoms with E-state index in [4.69, 9.17) is 0 Å². The van der Waals surface area contributed by atoms with Crippen LogP contribution in [0.4, 0.5) is 10.5 Å². The number of aldehydes is 1. The second kappa shape index (κ2) is 9.04. The van der Waals surface area contributed by atoms with Gasteiger partial charge < -0.3 is 5.11 Å². The summed E-state index contributed by atoms with van der Waals surface area (Å²) in [5.41, 5.74) is 5.33. The fourth-order valence-electron chi connectivity index (χ4n) is 3.40. The number of hydrogen-bond donors (Lipinski definition) is 2. The smallest absolute Gasteiger partial charge is 0.409 e. The molecule has 0 saturated carbocycles. The summed E-state index contributed by atoms with van der Waals surface area (Å²) in [6.07, 6.45) is 4.36. The van der Waals surface area contributed by atoms with E-state index >= 15 is 0 Å². The molecule has 1 aromatic heterocycles. The van der Waals surface area contributed by atoms with Gasteiger partial charge in [-0.2, -0.15) is 0 Å². The summed E-state index contributed by atoms with van der Waals surface area (Å²) in [7, 11) is 0. The van der Waals surface area contributed by atoms with E-state index in [1.807, 2.05) is 66.7 Å². The molecule has 0 aliphatic rings. The molecule has 0 saturated heterocycles. The first-order chi connectivity index (χ1) is 15.1. The van der Waals surface area contributed by atoms with Crippen LogP contribution in [0.5, 0.6) is 0 Å². The minimum absolute atomic E-state index is 0.536. The van der Waals surface area contributed by atoms with Gasteiger partial charge >= 0.3 is 6.09 Å². The van der Waals surface area contributed by atoms with E-state index in [-0.39, 0.29) is 0 Å². The summed E-state index contributed by atoms with van der Waals surface area (Å²) in [6.45, 7) is 0.635. The van der Waals surface area contributed by atoms with E-state index in [0.717, 1.165) is 34.9 Å². The molecule has 0 bridgehead atoms. The minimum Gasteiger partial charge on any atom is -0.465 e. The number of allylic oxidation sites excluding steroid dienone is 1. The zero-order valence-electron chi connectivity index (χ0n) is 16.6. The number of aromatic nitrogens is 3. The number of rotatable bonds is 7. The van der Waals surface area contributed by atoms with Gasteiger partial charge in [-0.15, -0.1) is 5.10 Å². The van der Waals surface area contributed by atoms with Gasteiger partial charge in [-0.1, -0.05) is 59.8 Å². The molecule has 0 atom stereocenters. The second-order valence-corrected chi connectivity index (χ2v) is 6.97. The van der Waals surface area contributed by atoms with E-state index in [9.17, 15) is 14.7 Å². The lowest BCUT2D eigenvalue weighted by molar-refractivity contribution is 0.112. The molecule has 0 aliphatic carbocycles. The van der Waals surface area contributed by atoms with Crippen molar-refractivity contribution in [2.24, 2.45) is 0 Å². The van der Waals surface area contributed by atoms with Gasteiger partial charge in [-0.25, -0.2) is 9.48 Å². The van der Waals surface area contributed by atoms with E-state index in [1.165, 1.54) is 0 Å². The number of fused-ring (bicyclic) bond motifs is 1. The Morgan fingerprint density at radius 2 is 1.84 bits per heavy atom. The number of aryl methyl sites for hydroxylation is 1. The molecule has 0 aliphatic heterocycles. The molecule has 0 fully saturated rings. The second-order valence-electron chi connectivity index (χ2n) is 6.97. The predicted octanol–water partition coefficient (Wildman–Crippen LogP) is 5.10. The third kappa shape index (κ3) is 4.67. The van der Waals surface area contributed by atoms with Crippen molar-refractivity contribution in [2.75, 3.05) is 5.32 Å². The van der Waals surface area contributed by atoms with Gasteiger partial charge in [0.2, 0.25) is 0 Å². The number of nitrogens with zero attached hydrogens (tertiary/aromatic N) is 3. The molecule has 3 aromatic carbocycles. The molecular weight excluding hydrogens is 392 g/mol. The predicted molar refractivity (Wildman–Crippen MR) is 120 cm³/mol. The van der Waals surface area contributed by atoms with Gasteiger partial charge in [0.15, 0.2) is 0 Å². The molecule has 154 valence electrons. The molecular formula is C24H20N4O3. The fourth-order valence-corrected chi connectivity index (χ4v) is 3.40. The number of carboxylic acid groups (broad SMARTS) is 1. The van der Waals surface area contributed by atoms with Crippen molar-refractivity contribution in [3.05, 3.63) is 83.9 Å². The lowest BCUT2D eigenvalue weighted by Gasteiger charge is -2.10. The van der Waals surface area contributed by atoms with Crippen LogP contribution in [0.1, 0.15) is 22.3 Å². The Hall–Kier alpha value is -4.26. The van der Waals surface area contributed by atoms with E-state index in [0.29, 0.717) is 23.3 Å². The number of nitrogens with one attached hydrogen (secondary N) is 1. The standard InChI is InChI=1S/C24H20N4O3/c29-16-18-10-12-23-22(15-18)26-27-28(23)13-5-4-6-17-9-11-20(19-7-2-1-3-8-19)21(14-17)25-24(30)31/h1-4,6-12,14-16,25H,5,13H2,(H,30,31)/b6-4+. The van der Waals surface area contributed by atoms with Crippen LogP contribution in [0, 0.1) is 0 Å². The Bertz CT molecular complexity index is 1260. The maximum absolute atomic E-state index is 11.2. The number of carbonyl (C=O) groups excluding carboxylic acids is 1. The van der Waals surface area contributed by atoms with Gasteiger partial charge in [0.05, 0.1) is 11.2 Å². The molecule has 1 heterocycles.